The van der Waals surface area contributed by atoms with Gasteiger partial charge >= 0.3 is 0 Å². The largest absolute Gasteiger partial charge is 0.355 e. The van der Waals surface area contributed by atoms with Crippen LogP contribution in [-0.4, -0.2) is 50.6 Å². The summed E-state index contributed by atoms with van der Waals surface area (Å²) < 4.78 is 0. The molecule has 2 rings (SSSR count). The number of nitrogens with one attached hydrogen (secondary N) is 2. The van der Waals surface area contributed by atoms with Gasteiger partial charge in [-0.3, -0.25) is 4.79 Å². The maximum atomic E-state index is 11.9. The fourth-order valence-corrected chi connectivity index (χ4v) is 2.66. The van der Waals surface area contributed by atoms with Gasteiger partial charge in [-0.25, -0.2) is 0 Å². The molecule has 2 N–H and O–H groups in total. The van der Waals surface area contributed by atoms with Gasteiger partial charge in [0.1, 0.15) is 0 Å². The molecule has 0 saturated carbocycles. The Morgan fingerprint density at radius 2 is 2.38 bits per heavy atom. The van der Waals surface area contributed by atoms with Crippen LogP contribution in [0.5, 0.6) is 0 Å². The highest BCUT2D eigenvalue weighted by atomic mass is 16.1. The molecule has 2 fully saturated rings. The lowest BCUT2D eigenvalue weighted by Gasteiger charge is -2.22. The molecule has 0 aromatic carbocycles. The van der Waals surface area contributed by atoms with Crippen molar-refractivity contribution in [2.45, 2.75) is 19.3 Å². The smallest absolute Gasteiger partial charge is 0.224 e. The molecule has 16 heavy (non-hydrogen) atoms. The summed E-state index contributed by atoms with van der Waals surface area (Å²) in [6.45, 7) is 5.09. The van der Waals surface area contributed by atoms with E-state index in [1.165, 1.54) is 13.0 Å². The third kappa shape index (κ3) is 3.19. The molecule has 4 nitrogen and oxygen atoms in total. The third-order valence-electron chi connectivity index (χ3n) is 3.72. The maximum absolute atomic E-state index is 11.9. The number of likely N-dealkylation sites (tertiary alicyclic amines) is 1. The molecule has 0 aliphatic carbocycles. The van der Waals surface area contributed by atoms with Gasteiger partial charge in [-0.15, -0.1) is 0 Å². The van der Waals surface area contributed by atoms with Gasteiger partial charge in [0.2, 0.25) is 5.91 Å². The molecule has 1 amide bonds. The van der Waals surface area contributed by atoms with Crippen molar-refractivity contribution in [3.63, 3.8) is 0 Å². The lowest BCUT2D eigenvalue weighted by molar-refractivity contribution is -0.125. The summed E-state index contributed by atoms with van der Waals surface area (Å²) in [6, 6.07) is 0. The molecule has 92 valence electrons. The Labute approximate surface area is 97.8 Å². The van der Waals surface area contributed by atoms with Crippen LogP contribution in [0.25, 0.3) is 0 Å². The van der Waals surface area contributed by atoms with Gasteiger partial charge in [0.05, 0.1) is 5.92 Å². The molecule has 2 aliphatic heterocycles. The Balaban J connectivity index is 1.66. The van der Waals surface area contributed by atoms with E-state index in [2.05, 4.69) is 22.6 Å². The Morgan fingerprint density at radius 3 is 3.00 bits per heavy atom. The van der Waals surface area contributed by atoms with Crippen molar-refractivity contribution in [2.24, 2.45) is 11.8 Å². The highest BCUT2D eigenvalue weighted by molar-refractivity contribution is 5.78. The number of hydrogen-bond donors (Lipinski definition) is 2. The predicted octanol–water partition coefficient (Wildman–Crippen LogP) is 0.0539. The van der Waals surface area contributed by atoms with E-state index in [0.29, 0.717) is 5.92 Å². The zero-order valence-corrected chi connectivity index (χ0v) is 10.2. The summed E-state index contributed by atoms with van der Waals surface area (Å²) in [7, 11) is 2.15. The fraction of sp³-hybridized carbons (Fsp3) is 0.917. The Hall–Kier alpha value is -0.610. The van der Waals surface area contributed by atoms with Gasteiger partial charge in [-0.05, 0) is 45.3 Å². The van der Waals surface area contributed by atoms with E-state index in [4.69, 9.17) is 0 Å². The highest BCUT2D eigenvalue weighted by Gasteiger charge is 2.23. The van der Waals surface area contributed by atoms with Crippen LogP contribution in [0, 0.1) is 11.8 Å². The molecule has 0 aromatic rings. The molecular formula is C12H23N3O. The van der Waals surface area contributed by atoms with Crippen LogP contribution < -0.4 is 10.6 Å². The van der Waals surface area contributed by atoms with Gasteiger partial charge < -0.3 is 15.5 Å². The first-order valence-corrected chi connectivity index (χ1v) is 6.42. The van der Waals surface area contributed by atoms with E-state index in [1.807, 2.05) is 0 Å². The number of rotatable bonds is 3. The van der Waals surface area contributed by atoms with Crippen molar-refractivity contribution < 1.29 is 4.79 Å². The van der Waals surface area contributed by atoms with Crippen molar-refractivity contribution in [2.75, 3.05) is 39.8 Å². The number of hydrogen-bond acceptors (Lipinski definition) is 3. The molecule has 1 unspecified atom stereocenters. The Morgan fingerprint density at radius 1 is 1.50 bits per heavy atom. The Bertz CT molecular complexity index is 238. The SMILES string of the molecule is CN1CCC(CNC(=O)[C@H]2CCCNC2)C1. The van der Waals surface area contributed by atoms with Crippen molar-refractivity contribution in [1.29, 1.82) is 0 Å². The van der Waals surface area contributed by atoms with E-state index in [1.54, 1.807) is 0 Å². The monoisotopic (exact) mass is 225 g/mol. The molecule has 4 heteroatoms. The van der Waals surface area contributed by atoms with E-state index in [9.17, 15) is 4.79 Å². The minimum atomic E-state index is 0.202. The Kier molecular flexibility index (Phi) is 4.18. The zero-order valence-electron chi connectivity index (χ0n) is 10.2. The van der Waals surface area contributed by atoms with Crippen LogP contribution >= 0.6 is 0 Å². The summed E-state index contributed by atoms with van der Waals surface area (Å²) in [6.07, 6.45) is 3.40. The third-order valence-corrected chi connectivity index (χ3v) is 3.72. The standard InChI is InChI=1S/C12H23N3O/c1-15-6-4-10(9-15)7-14-12(16)11-3-2-5-13-8-11/h10-11,13H,2-9H2,1H3,(H,14,16)/t10?,11-/m0/s1. The lowest BCUT2D eigenvalue weighted by Crippen LogP contribution is -2.42. The number of amides is 1. The van der Waals surface area contributed by atoms with E-state index >= 15 is 0 Å². The summed E-state index contributed by atoms with van der Waals surface area (Å²) in [4.78, 5) is 14.2. The first kappa shape index (κ1) is 11.9. The topological polar surface area (TPSA) is 44.4 Å². The van der Waals surface area contributed by atoms with Crippen molar-refractivity contribution in [1.82, 2.24) is 15.5 Å². The molecule has 2 heterocycles. The second-order valence-corrected chi connectivity index (χ2v) is 5.21. The molecule has 0 aromatic heterocycles. The fourth-order valence-electron chi connectivity index (χ4n) is 2.66. The highest BCUT2D eigenvalue weighted by Crippen LogP contribution is 2.14. The van der Waals surface area contributed by atoms with Crippen LogP contribution in [0.2, 0.25) is 0 Å². The van der Waals surface area contributed by atoms with Crippen LogP contribution in [0.4, 0.5) is 0 Å². The summed E-state index contributed by atoms with van der Waals surface area (Å²) >= 11 is 0. The normalized spacial score (nSPS) is 31.6. The maximum Gasteiger partial charge on any atom is 0.224 e. The van der Waals surface area contributed by atoms with E-state index < -0.39 is 0 Å². The molecule has 0 spiro atoms. The summed E-state index contributed by atoms with van der Waals surface area (Å²) in [5.74, 6) is 1.11. The van der Waals surface area contributed by atoms with Crippen molar-refractivity contribution in [3.8, 4) is 0 Å². The summed E-state index contributed by atoms with van der Waals surface area (Å²) in [5, 5.41) is 6.39. The molecule has 2 saturated heterocycles. The number of nitrogens with zero attached hydrogens (tertiary/aromatic N) is 1. The quantitative estimate of drug-likeness (QED) is 0.713. The van der Waals surface area contributed by atoms with E-state index in [0.717, 1.165) is 39.0 Å². The first-order valence-electron chi connectivity index (χ1n) is 6.42. The van der Waals surface area contributed by atoms with Gasteiger partial charge in [0.25, 0.3) is 0 Å². The first-order chi connectivity index (χ1) is 7.75. The van der Waals surface area contributed by atoms with Crippen molar-refractivity contribution in [3.05, 3.63) is 0 Å². The molecule has 0 bridgehead atoms. The average molecular weight is 225 g/mol. The average Bonchev–Trinajstić information content (AvgIpc) is 2.73. The lowest BCUT2D eigenvalue weighted by atomic mass is 9.98. The predicted molar refractivity (Wildman–Crippen MR) is 64.2 cm³/mol. The molecule has 2 aliphatic rings. The second-order valence-electron chi connectivity index (χ2n) is 5.21. The second kappa shape index (κ2) is 5.64. The number of carbonyl (C=O) groups is 1. The van der Waals surface area contributed by atoms with Crippen LogP contribution in [-0.2, 0) is 4.79 Å². The van der Waals surface area contributed by atoms with E-state index in [-0.39, 0.29) is 11.8 Å². The van der Waals surface area contributed by atoms with Gasteiger partial charge in [0.15, 0.2) is 0 Å². The molecule has 0 radical (unpaired) electrons. The van der Waals surface area contributed by atoms with Crippen LogP contribution in [0.15, 0.2) is 0 Å². The zero-order chi connectivity index (χ0) is 11.4. The summed E-state index contributed by atoms with van der Waals surface area (Å²) in [5.41, 5.74) is 0. The van der Waals surface area contributed by atoms with Crippen LogP contribution in [0.1, 0.15) is 19.3 Å². The minimum absolute atomic E-state index is 0.202. The minimum Gasteiger partial charge on any atom is -0.355 e. The number of piperidine rings is 1. The van der Waals surface area contributed by atoms with Gasteiger partial charge in [-0.2, -0.15) is 0 Å². The molecule has 2 atom stereocenters. The van der Waals surface area contributed by atoms with Crippen LogP contribution in [0.3, 0.4) is 0 Å². The molecular weight excluding hydrogens is 202 g/mol. The van der Waals surface area contributed by atoms with Crippen molar-refractivity contribution >= 4 is 5.91 Å². The number of carbonyl (C=O) groups excluding carboxylic acids is 1. The van der Waals surface area contributed by atoms with Gasteiger partial charge in [-0.1, -0.05) is 0 Å². The van der Waals surface area contributed by atoms with Gasteiger partial charge in [0, 0.05) is 19.6 Å².